The smallest absolute Gasteiger partial charge is 0.322 e. The Labute approximate surface area is 157 Å². The molecular weight excluding hydrogens is 380 g/mol. The van der Waals surface area contributed by atoms with Crippen LogP contribution in [0.1, 0.15) is 10.8 Å². The SMILES string of the molecule is O=C(O)CNC(=O)C(Sc1nc2cc(Cl)ccc2s1)c1ccccc1. The van der Waals surface area contributed by atoms with E-state index < -0.39 is 17.8 Å². The van der Waals surface area contributed by atoms with Crippen LogP contribution in [0.25, 0.3) is 10.2 Å². The predicted octanol–water partition coefficient (Wildman–Crippen LogP) is 3.98. The van der Waals surface area contributed by atoms with Crippen LogP contribution < -0.4 is 5.32 Å². The highest BCUT2D eigenvalue weighted by Gasteiger charge is 2.24. The number of benzene rings is 2. The van der Waals surface area contributed by atoms with Gasteiger partial charge in [-0.25, -0.2) is 4.98 Å². The molecule has 0 aliphatic heterocycles. The first-order valence-electron chi connectivity index (χ1n) is 7.30. The molecule has 3 rings (SSSR count). The summed E-state index contributed by atoms with van der Waals surface area (Å²) < 4.78 is 1.70. The quantitative estimate of drug-likeness (QED) is 0.620. The number of rotatable bonds is 6. The third kappa shape index (κ3) is 4.50. The number of thioether (sulfide) groups is 1. The molecule has 25 heavy (non-hydrogen) atoms. The van der Waals surface area contributed by atoms with Crippen LogP contribution in [0.2, 0.25) is 5.02 Å². The lowest BCUT2D eigenvalue weighted by Crippen LogP contribution is -2.32. The van der Waals surface area contributed by atoms with Gasteiger partial charge in [-0.1, -0.05) is 53.7 Å². The van der Waals surface area contributed by atoms with Crippen molar-refractivity contribution < 1.29 is 14.7 Å². The standard InChI is InChI=1S/C17H13ClN2O3S2/c18-11-6-7-13-12(8-11)20-17(24-13)25-15(10-4-2-1-3-5-10)16(23)19-9-14(21)22/h1-8,15H,9H2,(H,19,23)(H,21,22). The predicted molar refractivity (Wildman–Crippen MR) is 100 cm³/mol. The first kappa shape index (κ1) is 17.7. The number of hydrogen-bond acceptors (Lipinski definition) is 5. The van der Waals surface area contributed by atoms with Crippen LogP contribution in [0.4, 0.5) is 0 Å². The summed E-state index contributed by atoms with van der Waals surface area (Å²) in [6, 6.07) is 14.7. The number of aliphatic carboxylic acids is 1. The molecule has 8 heteroatoms. The van der Waals surface area contributed by atoms with E-state index in [4.69, 9.17) is 16.7 Å². The van der Waals surface area contributed by atoms with Gasteiger partial charge in [0.2, 0.25) is 5.91 Å². The molecule has 128 valence electrons. The number of hydrogen-bond donors (Lipinski definition) is 2. The lowest BCUT2D eigenvalue weighted by atomic mass is 10.1. The summed E-state index contributed by atoms with van der Waals surface area (Å²) in [7, 11) is 0. The molecule has 2 aromatic carbocycles. The average Bonchev–Trinajstić information content (AvgIpc) is 3.00. The lowest BCUT2D eigenvalue weighted by Gasteiger charge is -2.14. The monoisotopic (exact) mass is 392 g/mol. The molecule has 0 spiro atoms. The van der Waals surface area contributed by atoms with Crippen molar-refractivity contribution >= 4 is 56.8 Å². The summed E-state index contributed by atoms with van der Waals surface area (Å²) in [5, 5.41) is 11.2. The van der Waals surface area contributed by atoms with E-state index in [1.54, 1.807) is 12.1 Å². The molecule has 0 aliphatic rings. The van der Waals surface area contributed by atoms with Crippen LogP contribution in [0.15, 0.2) is 52.9 Å². The Morgan fingerprint density at radius 2 is 2.00 bits per heavy atom. The molecule has 1 heterocycles. The molecule has 0 saturated carbocycles. The Morgan fingerprint density at radius 1 is 1.24 bits per heavy atom. The zero-order valence-corrected chi connectivity index (χ0v) is 15.2. The number of halogens is 1. The third-order valence-electron chi connectivity index (χ3n) is 3.30. The molecule has 0 radical (unpaired) electrons. The number of nitrogens with one attached hydrogen (secondary N) is 1. The maximum atomic E-state index is 12.5. The second kappa shape index (κ2) is 7.86. The Bertz CT molecular complexity index is 915. The Hall–Kier alpha value is -2.09. The van der Waals surface area contributed by atoms with Crippen molar-refractivity contribution in [3.8, 4) is 0 Å². The van der Waals surface area contributed by atoms with E-state index in [9.17, 15) is 9.59 Å². The molecule has 5 nitrogen and oxygen atoms in total. The molecule has 1 aromatic heterocycles. The number of fused-ring (bicyclic) bond motifs is 1. The summed E-state index contributed by atoms with van der Waals surface area (Å²) in [5.74, 6) is -1.45. The van der Waals surface area contributed by atoms with Gasteiger partial charge in [-0.3, -0.25) is 9.59 Å². The topological polar surface area (TPSA) is 79.3 Å². The Morgan fingerprint density at radius 3 is 2.72 bits per heavy atom. The number of carbonyl (C=O) groups is 2. The molecule has 0 saturated heterocycles. The number of carbonyl (C=O) groups excluding carboxylic acids is 1. The van der Waals surface area contributed by atoms with Crippen molar-refractivity contribution in [1.29, 1.82) is 0 Å². The van der Waals surface area contributed by atoms with Crippen LogP contribution >= 0.6 is 34.7 Å². The van der Waals surface area contributed by atoms with Gasteiger partial charge in [0.15, 0.2) is 4.34 Å². The highest BCUT2D eigenvalue weighted by atomic mass is 35.5. The van der Waals surface area contributed by atoms with Gasteiger partial charge in [0.1, 0.15) is 11.8 Å². The number of amides is 1. The van der Waals surface area contributed by atoms with E-state index in [1.807, 2.05) is 36.4 Å². The summed E-state index contributed by atoms with van der Waals surface area (Å²) in [6.07, 6.45) is 0. The molecule has 1 unspecified atom stereocenters. The van der Waals surface area contributed by atoms with Crippen molar-refractivity contribution in [3.05, 3.63) is 59.1 Å². The zero-order chi connectivity index (χ0) is 17.8. The van der Waals surface area contributed by atoms with Crippen molar-refractivity contribution in [2.75, 3.05) is 6.54 Å². The average molecular weight is 393 g/mol. The van der Waals surface area contributed by atoms with Gasteiger partial charge in [-0.2, -0.15) is 0 Å². The highest BCUT2D eigenvalue weighted by molar-refractivity contribution is 8.02. The molecule has 0 bridgehead atoms. The lowest BCUT2D eigenvalue weighted by molar-refractivity contribution is -0.137. The molecule has 3 aromatic rings. The first-order valence-corrected chi connectivity index (χ1v) is 9.37. The molecule has 2 N–H and O–H groups in total. The fourth-order valence-corrected chi connectivity index (χ4v) is 4.62. The van der Waals surface area contributed by atoms with Crippen LogP contribution in [0.3, 0.4) is 0 Å². The Kier molecular flexibility index (Phi) is 5.57. The number of carboxylic acid groups (broad SMARTS) is 1. The fraction of sp³-hybridized carbons (Fsp3) is 0.118. The van der Waals surface area contributed by atoms with Gasteiger partial charge in [-0.15, -0.1) is 11.3 Å². The maximum Gasteiger partial charge on any atom is 0.322 e. The summed E-state index contributed by atoms with van der Waals surface area (Å²) in [6.45, 7) is -0.418. The van der Waals surface area contributed by atoms with Crippen molar-refractivity contribution in [2.45, 2.75) is 9.59 Å². The molecule has 0 aliphatic carbocycles. The summed E-state index contributed by atoms with van der Waals surface area (Å²) in [4.78, 5) is 27.7. The molecule has 1 amide bonds. The highest BCUT2D eigenvalue weighted by Crippen LogP contribution is 2.39. The Balaban J connectivity index is 1.87. The number of thiazole rings is 1. The van der Waals surface area contributed by atoms with Crippen LogP contribution in [0, 0.1) is 0 Å². The van der Waals surface area contributed by atoms with E-state index in [-0.39, 0.29) is 5.91 Å². The minimum atomic E-state index is -1.08. The van der Waals surface area contributed by atoms with E-state index in [0.29, 0.717) is 5.02 Å². The molecular formula is C17H13ClN2O3S2. The van der Waals surface area contributed by atoms with Gasteiger partial charge in [0.25, 0.3) is 0 Å². The van der Waals surface area contributed by atoms with Gasteiger partial charge in [0, 0.05) is 5.02 Å². The third-order valence-corrected chi connectivity index (χ3v) is 5.92. The summed E-state index contributed by atoms with van der Waals surface area (Å²) in [5.41, 5.74) is 1.56. The van der Waals surface area contributed by atoms with Crippen LogP contribution in [0.5, 0.6) is 0 Å². The van der Waals surface area contributed by atoms with Gasteiger partial charge >= 0.3 is 5.97 Å². The number of aromatic nitrogens is 1. The van der Waals surface area contributed by atoms with Crippen molar-refractivity contribution in [2.24, 2.45) is 0 Å². The van der Waals surface area contributed by atoms with Gasteiger partial charge in [0.05, 0.1) is 10.2 Å². The van der Waals surface area contributed by atoms with Crippen LogP contribution in [-0.4, -0.2) is 28.5 Å². The van der Waals surface area contributed by atoms with Gasteiger partial charge < -0.3 is 10.4 Å². The van der Waals surface area contributed by atoms with Crippen LogP contribution in [-0.2, 0) is 9.59 Å². The second-order valence-corrected chi connectivity index (χ2v) is 7.93. The fourth-order valence-electron chi connectivity index (χ4n) is 2.19. The minimum Gasteiger partial charge on any atom is -0.480 e. The van der Waals surface area contributed by atoms with E-state index in [2.05, 4.69) is 10.3 Å². The van der Waals surface area contributed by atoms with Gasteiger partial charge in [-0.05, 0) is 23.8 Å². The minimum absolute atomic E-state index is 0.365. The van der Waals surface area contributed by atoms with Crippen molar-refractivity contribution in [1.82, 2.24) is 10.3 Å². The van der Waals surface area contributed by atoms with Crippen molar-refractivity contribution in [3.63, 3.8) is 0 Å². The summed E-state index contributed by atoms with van der Waals surface area (Å²) >= 11 is 8.75. The number of nitrogens with zero attached hydrogens (tertiary/aromatic N) is 1. The largest absolute Gasteiger partial charge is 0.480 e. The normalized spacial score (nSPS) is 12.0. The van der Waals surface area contributed by atoms with E-state index >= 15 is 0 Å². The zero-order valence-electron chi connectivity index (χ0n) is 12.8. The number of carboxylic acids is 1. The second-order valence-electron chi connectivity index (χ2n) is 5.11. The first-order chi connectivity index (χ1) is 12.0. The van der Waals surface area contributed by atoms with E-state index in [1.165, 1.54) is 23.1 Å². The molecule has 1 atom stereocenters. The van der Waals surface area contributed by atoms with E-state index in [0.717, 1.165) is 20.1 Å². The molecule has 0 fully saturated rings. The maximum absolute atomic E-state index is 12.5.